The van der Waals surface area contributed by atoms with Gasteiger partial charge in [-0.15, -0.1) is 23.1 Å². The van der Waals surface area contributed by atoms with Gasteiger partial charge in [0, 0.05) is 31.8 Å². The molecule has 0 aliphatic heterocycles. The van der Waals surface area contributed by atoms with E-state index in [-0.39, 0.29) is 5.91 Å². The zero-order chi connectivity index (χ0) is 17.8. The van der Waals surface area contributed by atoms with Crippen molar-refractivity contribution in [1.29, 1.82) is 0 Å². The summed E-state index contributed by atoms with van der Waals surface area (Å²) in [5.41, 5.74) is 2.19. The number of thioether (sulfide) groups is 1. The second kappa shape index (κ2) is 8.23. The van der Waals surface area contributed by atoms with Crippen molar-refractivity contribution in [2.45, 2.75) is 17.6 Å². The van der Waals surface area contributed by atoms with Crippen LogP contribution in [0.4, 0.5) is 5.69 Å². The fourth-order valence-electron chi connectivity index (χ4n) is 2.23. The highest BCUT2D eigenvalue weighted by atomic mass is 35.5. The predicted molar refractivity (Wildman–Crippen MR) is 107 cm³/mol. The van der Waals surface area contributed by atoms with E-state index in [4.69, 9.17) is 23.2 Å². The van der Waals surface area contributed by atoms with E-state index in [2.05, 4.69) is 10.3 Å². The van der Waals surface area contributed by atoms with Gasteiger partial charge in [0.05, 0.1) is 16.3 Å². The van der Waals surface area contributed by atoms with Crippen molar-refractivity contribution in [3.05, 3.63) is 74.2 Å². The molecule has 3 aromatic rings. The third kappa shape index (κ3) is 4.98. The van der Waals surface area contributed by atoms with Gasteiger partial charge in [0.15, 0.2) is 0 Å². The van der Waals surface area contributed by atoms with Crippen LogP contribution in [0.25, 0.3) is 0 Å². The second-order valence-electron chi connectivity index (χ2n) is 5.25. The first-order chi connectivity index (χ1) is 12.0. The van der Waals surface area contributed by atoms with Crippen molar-refractivity contribution < 1.29 is 4.79 Å². The van der Waals surface area contributed by atoms with Crippen LogP contribution in [0.1, 0.15) is 21.1 Å². The topological polar surface area (TPSA) is 42.0 Å². The van der Waals surface area contributed by atoms with Crippen LogP contribution in [0.2, 0.25) is 10.0 Å². The van der Waals surface area contributed by atoms with Crippen LogP contribution in [0.15, 0.2) is 52.7 Å². The number of thiazole rings is 1. The molecule has 3 rings (SSSR count). The van der Waals surface area contributed by atoms with E-state index < -0.39 is 0 Å². The average Bonchev–Trinajstić information content (AvgIpc) is 2.97. The molecule has 128 valence electrons. The number of aryl methyl sites for hydroxylation is 1. The van der Waals surface area contributed by atoms with Gasteiger partial charge in [-0.1, -0.05) is 35.3 Å². The van der Waals surface area contributed by atoms with Crippen molar-refractivity contribution in [2.24, 2.45) is 0 Å². The number of benzene rings is 2. The predicted octanol–water partition coefficient (Wildman–Crippen LogP) is 6.30. The van der Waals surface area contributed by atoms with Crippen LogP contribution in [0.3, 0.4) is 0 Å². The van der Waals surface area contributed by atoms with E-state index in [1.165, 1.54) is 0 Å². The summed E-state index contributed by atoms with van der Waals surface area (Å²) in [6.45, 7) is 1.98. The molecule has 1 N–H and O–H groups in total. The Morgan fingerprint density at radius 1 is 1.20 bits per heavy atom. The van der Waals surface area contributed by atoms with Crippen molar-refractivity contribution in [1.82, 2.24) is 4.98 Å². The molecule has 0 aliphatic carbocycles. The van der Waals surface area contributed by atoms with E-state index in [1.807, 2.05) is 30.5 Å². The zero-order valence-electron chi connectivity index (χ0n) is 13.3. The largest absolute Gasteiger partial charge is 0.322 e. The molecule has 7 heteroatoms. The minimum absolute atomic E-state index is 0.198. The molecule has 1 amide bonds. The Morgan fingerprint density at radius 3 is 2.60 bits per heavy atom. The average molecular weight is 409 g/mol. The summed E-state index contributed by atoms with van der Waals surface area (Å²) in [4.78, 5) is 18.0. The number of carbonyl (C=O) groups is 1. The fraction of sp³-hybridized carbons (Fsp3) is 0.111. The van der Waals surface area contributed by atoms with Crippen LogP contribution < -0.4 is 5.32 Å². The Morgan fingerprint density at radius 2 is 1.92 bits per heavy atom. The highest BCUT2D eigenvalue weighted by Gasteiger charge is 2.13. The molecule has 0 fully saturated rings. The van der Waals surface area contributed by atoms with Gasteiger partial charge in [-0.25, -0.2) is 4.98 Å². The first kappa shape index (κ1) is 18.3. The van der Waals surface area contributed by atoms with Gasteiger partial charge in [0.2, 0.25) is 0 Å². The van der Waals surface area contributed by atoms with E-state index in [9.17, 15) is 4.79 Å². The maximum absolute atomic E-state index is 12.6. The molecule has 0 radical (unpaired) electrons. The Balaban J connectivity index is 1.76. The van der Waals surface area contributed by atoms with E-state index in [0.717, 1.165) is 21.3 Å². The number of aromatic nitrogens is 1. The van der Waals surface area contributed by atoms with Crippen LogP contribution in [-0.2, 0) is 5.75 Å². The first-order valence-electron chi connectivity index (χ1n) is 7.41. The smallest absolute Gasteiger partial charge is 0.256 e. The lowest BCUT2D eigenvalue weighted by atomic mass is 10.2. The molecule has 25 heavy (non-hydrogen) atoms. The van der Waals surface area contributed by atoms with Gasteiger partial charge in [-0.2, -0.15) is 0 Å². The van der Waals surface area contributed by atoms with E-state index in [0.29, 0.717) is 21.3 Å². The summed E-state index contributed by atoms with van der Waals surface area (Å²) < 4.78 is 0. The summed E-state index contributed by atoms with van der Waals surface area (Å²) in [6, 6.07) is 12.5. The zero-order valence-corrected chi connectivity index (χ0v) is 16.4. The normalized spacial score (nSPS) is 10.7. The number of carbonyl (C=O) groups excluding carboxylic acids is 1. The lowest BCUT2D eigenvalue weighted by molar-refractivity contribution is 0.102. The standard InChI is InChI=1S/C18H14Cl2N2OS2/c1-11-21-15(9-24-11)10-25-17-5-3-2-4-16(17)18(23)22-14-7-12(19)6-13(20)8-14/h2-9H,10H2,1H3,(H,22,23). The Labute approximate surface area is 164 Å². The molecule has 0 spiro atoms. The van der Waals surface area contributed by atoms with Crippen molar-refractivity contribution in [3.63, 3.8) is 0 Å². The number of nitrogens with zero attached hydrogens (tertiary/aromatic N) is 1. The molecule has 0 saturated carbocycles. The lowest BCUT2D eigenvalue weighted by Gasteiger charge is -2.10. The fourth-order valence-corrected chi connectivity index (χ4v) is 4.42. The molecule has 2 aromatic carbocycles. The van der Waals surface area contributed by atoms with Crippen molar-refractivity contribution in [2.75, 3.05) is 5.32 Å². The van der Waals surface area contributed by atoms with E-state index in [1.54, 1.807) is 47.4 Å². The van der Waals surface area contributed by atoms with Crippen LogP contribution in [0, 0.1) is 6.92 Å². The van der Waals surface area contributed by atoms with Crippen LogP contribution in [-0.4, -0.2) is 10.9 Å². The molecular weight excluding hydrogens is 395 g/mol. The highest BCUT2D eigenvalue weighted by molar-refractivity contribution is 7.98. The van der Waals surface area contributed by atoms with Crippen LogP contribution >= 0.6 is 46.3 Å². The summed E-state index contributed by atoms with van der Waals surface area (Å²) in [7, 11) is 0. The molecule has 1 heterocycles. The molecule has 0 saturated heterocycles. The molecule has 0 bridgehead atoms. The lowest BCUT2D eigenvalue weighted by Crippen LogP contribution is -2.13. The summed E-state index contributed by atoms with van der Waals surface area (Å²) in [6.07, 6.45) is 0. The molecule has 3 nitrogen and oxygen atoms in total. The maximum Gasteiger partial charge on any atom is 0.256 e. The highest BCUT2D eigenvalue weighted by Crippen LogP contribution is 2.28. The quantitative estimate of drug-likeness (QED) is 0.503. The Hall–Kier alpha value is -1.53. The number of rotatable bonds is 5. The number of nitrogens with one attached hydrogen (secondary N) is 1. The third-order valence-corrected chi connectivity index (χ3v) is 5.66. The molecule has 0 aliphatic rings. The number of hydrogen-bond acceptors (Lipinski definition) is 4. The van der Waals surface area contributed by atoms with Gasteiger partial charge in [-0.05, 0) is 37.3 Å². The van der Waals surface area contributed by atoms with Gasteiger partial charge < -0.3 is 5.32 Å². The van der Waals surface area contributed by atoms with Gasteiger partial charge in [-0.3, -0.25) is 4.79 Å². The summed E-state index contributed by atoms with van der Waals surface area (Å²) in [5, 5.41) is 6.88. The maximum atomic E-state index is 12.6. The summed E-state index contributed by atoms with van der Waals surface area (Å²) >= 11 is 15.2. The monoisotopic (exact) mass is 408 g/mol. The van der Waals surface area contributed by atoms with Crippen molar-refractivity contribution >= 4 is 57.9 Å². The minimum atomic E-state index is -0.198. The van der Waals surface area contributed by atoms with E-state index >= 15 is 0 Å². The molecule has 0 unspecified atom stereocenters. The van der Waals surface area contributed by atoms with Gasteiger partial charge in [0.25, 0.3) is 5.91 Å². The minimum Gasteiger partial charge on any atom is -0.322 e. The SMILES string of the molecule is Cc1nc(CSc2ccccc2C(=O)Nc2cc(Cl)cc(Cl)c2)cs1. The Bertz CT molecular complexity index is 891. The van der Waals surface area contributed by atoms with Crippen molar-refractivity contribution in [3.8, 4) is 0 Å². The number of anilines is 1. The van der Waals surface area contributed by atoms with Gasteiger partial charge in [0.1, 0.15) is 0 Å². The third-order valence-electron chi connectivity index (χ3n) is 3.29. The second-order valence-corrected chi connectivity index (χ2v) is 8.21. The van der Waals surface area contributed by atoms with Gasteiger partial charge >= 0.3 is 0 Å². The first-order valence-corrected chi connectivity index (χ1v) is 10.0. The number of halogens is 2. The molecular formula is C18H14Cl2N2OS2. The Kier molecular flexibility index (Phi) is 6.02. The number of hydrogen-bond donors (Lipinski definition) is 1. The summed E-state index contributed by atoms with van der Waals surface area (Å²) in [5.74, 6) is 0.522. The molecule has 0 atom stereocenters. The molecule has 1 aromatic heterocycles. The number of amides is 1. The van der Waals surface area contributed by atoms with Crippen LogP contribution in [0.5, 0.6) is 0 Å².